The van der Waals surface area contributed by atoms with E-state index in [0.717, 1.165) is 6.07 Å². The third kappa shape index (κ3) is 4.00. The van der Waals surface area contributed by atoms with Gasteiger partial charge in [-0.1, -0.05) is 17.7 Å². The lowest BCUT2D eigenvalue weighted by atomic mass is 10.0. The first-order valence-corrected chi connectivity index (χ1v) is 7.74. The van der Waals surface area contributed by atoms with Crippen molar-refractivity contribution in [2.45, 2.75) is 32.4 Å². The van der Waals surface area contributed by atoms with Crippen LogP contribution >= 0.6 is 11.6 Å². The Morgan fingerprint density at radius 1 is 1.48 bits per heavy atom. The molecule has 2 amide bonds. The molecule has 5 nitrogen and oxygen atoms in total. The molecule has 126 valence electrons. The van der Waals surface area contributed by atoms with Crippen LogP contribution in [0.4, 0.5) is 4.39 Å². The average Bonchev–Trinajstić information content (AvgIpc) is 2.47. The summed E-state index contributed by atoms with van der Waals surface area (Å²) in [6.07, 6.45) is -0.0660. The lowest BCUT2D eigenvalue weighted by Gasteiger charge is -2.44. The predicted molar refractivity (Wildman–Crippen MR) is 84.9 cm³/mol. The Hall–Kier alpha value is -1.66. The van der Waals surface area contributed by atoms with Crippen LogP contribution in [0.1, 0.15) is 31.1 Å². The lowest BCUT2D eigenvalue weighted by molar-refractivity contribution is -0.151. The van der Waals surface area contributed by atoms with Gasteiger partial charge >= 0.3 is 0 Å². The predicted octanol–water partition coefficient (Wildman–Crippen LogP) is 2.23. The second kappa shape index (κ2) is 6.84. The molecule has 1 atom stereocenters. The molecule has 23 heavy (non-hydrogen) atoms. The van der Waals surface area contributed by atoms with Crippen molar-refractivity contribution >= 4 is 23.4 Å². The summed E-state index contributed by atoms with van der Waals surface area (Å²) in [5.74, 6) is -1.67. The number of carbonyl (C=O) groups excluding carboxylic acids is 2. The number of carbonyl (C=O) groups is 2. The van der Waals surface area contributed by atoms with Crippen LogP contribution < -0.4 is 5.32 Å². The normalized spacial score (nSPS) is 20.2. The van der Waals surface area contributed by atoms with E-state index in [1.807, 2.05) is 20.8 Å². The fourth-order valence-corrected chi connectivity index (χ4v) is 2.72. The van der Waals surface area contributed by atoms with Gasteiger partial charge in [-0.15, -0.1) is 0 Å². The Morgan fingerprint density at radius 2 is 2.17 bits per heavy atom. The van der Waals surface area contributed by atoms with Gasteiger partial charge in [-0.25, -0.2) is 4.39 Å². The molecule has 1 saturated heterocycles. The van der Waals surface area contributed by atoms with Gasteiger partial charge in [-0.05, 0) is 32.9 Å². The summed E-state index contributed by atoms with van der Waals surface area (Å²) in [7, 11) is 0. The molecule has 1 aromatic rings. The molecule has 0 radical (unpaired) electrons. The van der Waals surface area contributed by atoms with Crippen LogP contribution in [0.3, 0.4) is 0 Å². The summed E-state index contributed by atoms with van der Waals surface area (Å²) in [6.45, 7) is 6.32. The van der Waals surface area contributed by atoms with Gasteiger partial charge in [0.05, 0.1) is 35.4 Å². The van der Waals surface area contributed by atoms with Crippen molar-refractivity contribution in [2.75, 3.05) is 19.7 Å². The van der Waals surface area contributed by atoms with Gasteiger partial charge in [0.2, 0.25) is 5.91 Å². The summed E-state index contributed by atoms with van der Waals surface area (Å²) in [6, 6.07) is 3.99. The molecule has 0 aliphatic carbocycles. The fraction of sp³-hybridized carbons (Fsp3) is 0.500. The molecular formula is C16H20ClFN2O3. The summed E-state index contributed by atoms with van der Waals surface area (Å²) in [5, 5.41) is 2.44. The van der Waals surface area contributed by atoms with Crippen LogP contribution in [0, 0.1) is 5.82 Å². The topological polar surface area (TPSA) is 58.6 Å². The van der Waals surface area contributed by atoms with E-state index in [0.29, 0.717) is 13.2 Å². The molecule has 0 aromatic heterocycles. The molecule has 7 heteroatoms. The van der Waals surface area contributed by atoms with E-state index in [4.69, 9.17) is 16.3 Å². The fourth-order valence-electron chi connectivity index (χ4n) is 2.47. The van der Waals surface area contributed by atoms with Crippen molar-refractivity contribution in [2.24, 2.45) is 0 Å². The van der Waals surface area contributed by atoms with Gasteiger partial charge in [0, 0.05) is 6.54 Å². The molecule has 0 spiro atoms. The second-order valence-corrected chi connectivity index (χ2v) is 6.62. The molecule has 1 aromatic carbocycles. The maximum Gasteiger partial charge on any atom is 0.256 e. The van der Waals surface area contributed by atoms with E-state index in [9.17, 15) is 14.0 Å². The van der Waals surface area contributed by atoms with Crippen LogP contribution in [0.5, 0.6) is 0 Å². The standard InChI is InChI=1S/C16H20ClFN2O3/c1-10-8-20(16(2,3)9-23-10)13(21)7-19-15(22)14-11(17)5-4-6-12(14)18/h4-6,10H,7-9H2,1-3H3,(H,19,22)/t10-/m0/s1. The summed E-state index contributed by atoms with van der Waals surface area (Å²) >= 11 is 5.84. The number of hydrogen-bond donors (Lipinski definition) is 1. The smallest absolute Gasteiger partial charge is 0.256 e. The second-order valence-electron chi connectivity index (χ2n) is 6.22. The van der Waals surface area contributed by atoms with Gasteiger partial charge < -0.3 is 15.0 Å². The molecule has 1 aliphatic rings. The molecule has 1 N–H and O–H groups in total. The molecule has 2 rings (SSSR count). The maximum absolute atomic E-state index is 13.7. The molecule has 1 aliphatic heterocycles. The monoisotopic (exact) mass is 342 g/mol. The van der Waals surface area contributed by atoms with Gasteiger partial charge in [0.25, 0.3) is 5.91 Å². The highest BCUT2D eigenvalue weighted by molar-refractivity contribution is 6.33. The Kier molecular flexibility index (Phi) is 5.26. The molecule has 1 heterocycles. The van der Waals surface area contributed by atoms with Crippen molar-refractivity contribution < 1.29 is 18.7 Å². The summed E-state index contributed by atoms with van der Waals surface area (Å²) < 4.78 is 19.2. The van der Waals surface area contributed by atoms with Gasteiger partial charge in [-0.3, -0.25) is 9.59 Å². The van der Waals surface area contributed by atoms with Gasteiger partial charge in [0.15, 0.2) is 0 Å². The van der Waals surface area contributed by atoms with Crippen LogP contribution in [-0.2, 0) is 9.53 Å². The van der Waals surface area contributed by atoms with Crippen molar-refractivity contribution in [3.8, 4) is 0 Å². The number of nitrogens with one attached hydrogen (secondary N) is 1. The number of halogens is 2. The first kappa shape index (κ1) is 17.7. The lowest BCUT2D eigenvalue weighted by Crippen LogP contribution is -2.59. The highest BCUT2D eigenvalue weighted by atomic mass is 35.5. The zero-order valence-corrected chi connectivity index (χ0v) is 14.1. The number of amides is 2. The van der Waals surface area contributed by atoms with E-state index >= 15 is 0 Å². The SMILES string of the molecule is C[C@H]1CN(C(=O)CNC(=O)c2c(F)cccc2Cl)C(C)(C)CO1. The zero-order chi connectivity index (χ0) is 17.2. The van der Waals surface area contributed by atoms with Crippen LogP contribution in [0.15, 0.2) is 18.2 Å². The Morgan fingerprint density at radius 3 is 2.83 bits per heavy atom. The number of morpholine rings is 1. The van der Waals surface area contributed by atoms with Crippen molar-refractivity contribution in [1.82, 2.24) is 10.2 Å². The number of rotatable bonds is 3. The first-order chi connectivity index (χ1) is 10.7. The zero-order valence-electron chi connectivity index (χ0n) is 13.4. The van der Waals surface area contributed by atoms with Crippen molar-refractivity contribution in [3.63, 3.8) is 0 Å². The highest BCUT2D eigenvalue weighted by Crippen LogP contribution is 2.22. The third-order valence-corrected chi connectivity index (χ3v) is 4.10. The van der Waals surface area contributed by atoms with Crippen molar-refractivity contribution in [1.29, 1.82) is 0 Å². The van der Waals surface area contributed by atoms with Crippen LogP contribution in [-0.4, -0.2) is 48.1 Å². The molecule has 0 unspecified atom stereocenters. The number of hydrogen-bond acceptors (Lipinski definition) is 3. The van der Waals surface area contributed by atoms with E-state index in [2.05, 4.69) is 5.32 Å². The van der Waals surface area contributed by atoms with E-state index in [-0.39, 0.29) is 29.1 Å². The minimum atomic E-state index is -0.720. The number of ether oxygens (including phenoxy) is 1. The quantitative estimate of drug-likeness (QED) is 0.916. The molecule has 1 fully saturated rings. The van der Waals surface area contributed by atoms with Crippen molar-refractivity contribution in [3.05, 3.63) is 34.6 Å². The minimum absolute atomic E-state index is 0.00951. The third-order valence-electron chi connectivity index (χ3n) is 3.78. The Balaban J connectivity index is 2.02. The van der Waals surface area contributed by atoms with Gasteiger partial charge in [-0.2, -0.15) is 0 Å². The van der Waals surface area contributed by atoms with E-state index < -0.39 is 17.3 Å². The Labute approximate surface area is 139 Å². The highest BCUT2D eigenvalue weighted by Gasteiger charge is 2.36. The first-order valence-electron chi connectivity index (χ1n) is 7.36. The van der Waals surface area contributed by atoms with E-state index in [1.54, 1.807) is 4.90 Å². The number of benzene rings is 1. The number of nitrogens with zero attached hydrogens (tertiary/aromatic N) is 1. The molecular weight excluding hydrogens is 323 g/mol. The largest absolute Gasteiger partial charge is 0.374 e. The van der Waals surface area contributed by atoms with Crippen LogP contribution in [0.25, 0.3) is 0 Å². The maximum atomic E-state index is 13.7. The van der Waals surface area contributed by atoms with Gasteiger partial charge in [0.1, 0.15) is 5.82 Å². The van der Waals surface area contributed by atoms with Crippen LogP contribution in [0.2, 0.25) is 5.02 Å². The average molecular weight is 343 g/mol. The molecule has 0 bridgehead atoms. The summed E-state index contributed by atoms with van der Waals surface area (Å²) in [5.41, 5.74) is -0.708. The Bertz CT molecular complexity index is 601. The summed E-state index contributed by atoms with van der Waals surface area (Å²) in [4.78, 5) is 26.1. The minimum Gasteiger partial charge on any atom is -0.374 e. The van der Waals surface area contributed by atoms with E-state index in [1.165, 1.54) is 12.1 Å². The molecule has 0 saturated carbocycles.